The van der Waals surface area contributed by atoms with E-state index in [1.807, 2.05) is 6.92 Å². The third-order valence-corrected chi connectivity index (χ3v) is 3.73. The summed E-state index contributed by atoms with van der Waals surface area (Å²) in [6, 6.07) is 0.894. The second-order valence-electron chi connectivity index (χ2n) is 4.01. The van der Waals surface area contributed by atoms with Crippen LogP contribution >= 0.6 is 11.8 Å². The van der Waals surface area contributed by atoms with Gasteiger partial charge >= 0.3 is 0 Å². The van der Waals surface area contributed by atoms with Crippen molar-refractivity contribution >= 4 is 17.6 Å². The summed E-state index contributed by atoms with van der Waals surface area (Å²) in [6.45, 7) is 9.39. The Morgan fingerprint density at radius 1 is 1.21 bits per heavy atom. The van der Waals surface area contributed by atoms with E-state index in [0.29, 0.717) is 6.54 Å². The van der Waals surface area contributed by atoms with Crippen LogP contribution in [0.1, 0.15) is 20.8 Å². The Morgan fingerprint density at radius 2 is 1.89 bits per heavy atom. The fraction of sp³-hybridized carbons (Fsp3) is 0.615. The fourth-order valence-corrected chi connectivity index (χ4v) is 2.55. The molecule has 1 rings (SSSR count). The normalized spacial score (nSPS) is 11.1. The summed E-state index contributed by atoms with van der Waals surface area (Å²) in [5.41, 5.74) is 0. The Hall–Kier alpha value is -0.880. The summed E-state index contributed by atoms with van der Waals surface area (Å²) in [5.74, 6) is -0.381. The van der Waals surface area contributed by atoms with Crippen molar-refractivity contribution in [2.45, 2.75) is 25.8 Å². The number of thioether (sulfide) groups is 1. The van der Waals surface area contributed by atoms with Crippen molar-refractivity contribution in [1.82, 2.24) is 9.88 Å². The van der Waals surface area contributed by atoms with E-state index in [0.717, 1.165) is 31.5 Å². The molecule has 108 valence electrons. The smallest absolute Gasteiger partial charge is 0.168 e. The Balaban J connectivity index is 2.64. The lowest BCUT2D eigenvalue weighted by Crippen LogP contribution is -2.25. The average Bonchev–Trinajstić information content (AvgIpc) is 2.39. The highest BCUT2D eigenvalue weighted by Gasteiger charge is 2.12. The average molecular weight is 289 g/mol. The molecule has 0 spiro atoms. The van der Waals surface area contributed by atoms with E-state index < -0.39 is 11.6 Å². The molecule has 0 aromatic carbocycles. The van der Waals surface area contributed by atoms with Crippen LogP contribution in [0.25, 0.3) is 0 Å². The standard InChI is InChI=1S/C13H21F2N3S/c1-4-16-12-10(14)9-11(15)13(17-12)19-8-7-18(5-2)6-3/h9H,4-8H2,1-3H3,(H,16,17). The highest BCUT2D eigenvalue weighted by Crippen LogP contribution is 2.23. The molecule has 0 aliphatic rings. The summed E-state index contributed by atoms with van der Waals surface area (Å²) in [5, 5.41) is 3.04. The van der Waals surface area contributed by atoms with Crippen molar-refractivity contribution in [1.29, 1.82) is 0 Å². The van der Waals surface area contributed by atoms with Crippen molar-refractivity contribution < 1.29 is 8.78 Å². The third-order valence-electron chi connectivity index (χ3n) is 2.78. The molecule has 0 fully saturated rings. The SMILES string of the molecule is CCNc1nc(SCCN(CC)CC)c(F)cc1F. The van der Waals surface area contributed by atoms with E-state index in [9.17, 15) is 8.78 Å². The molecule has 0 amide bonds. The number of nitrogens with zero attached hydrogens (tertiary/aromatic N) is 2. The lowest BCUT2D eigenvalue weighted by molar-refractivity contribution is 0.324. The molecule has 1 N–H and O–H groups in total. The van der Waals surface area contributed by atoms with E-state index in [-0.39, 0.29) is 10.8 Å². The second kappa shape index (κ2) is 8.32. The number of halogens is 2. The van der Waals surface area contributed by atoms with Gasteiger partial charge < -0.3 is 10.2 Å². The Kier molecular flexibility index (Phi) is 7.09. The van der Waals surface area contributed by atoms with Gasteiger partial charge in [0.15, 0.2) is 17.5 Å². The lowest BCUT2D eigenvalue weighted by Gasteiger charge is -2.17. The van der Waals surface area contributed by atoms with Gasteiger partial charge in [-0.15, -0.1) is 11.8 Å². The molecule has 0 aliphatic heterocycles. The van der Waals surface area contributed by atoms with E-state index in [4.69, 9.17) is 0 Å². The van der Waals surface area contributed by atoms with Crippen LogP contribution in [0.2, 0.25) is 0 Å². The molecular weight excluding hydrogens is 268 g/mol. The number of hydrogen-bond acceptors (Lipinski definition) is 4. The van der Waals surface area contributed by atoms with Gasteiger partial charge in [-0.2, -0.15) is 0 Å². The maximum absolute atomic E-state index is 13.6. The molecule has 0 saturated heterocycles. The number of anilines is 1. The van der Waals surface area contributed by atoms with E-state index >= 15 is 0 Å². The van der Waals surface area contributed by atoms with Crippen molar-refractivity contribution in [2.24, 2.45) is 0 Å². The van der Waals surface area contributed by atoms with Crippen LogP contribution in [-0.2, 0) is 0 Å². The zero-order valence-corrected chi connectivity index (χ0v) is 12.5. The second-order valence-corrected chi connectivity index (χ2v) is 5.10. The van der Waals surface area contributed by atoms with E-state index in [1.165, 1.54) is 11.8 Å². The zero-order chi connectivity index (χ0) is 14.3. The maximum atomic E-state index is 13.6. The van der Waals surface area contributed by atoms with Gasteiger partial charge in [0.2, 0.25) is 0 Å². The molecule has 19 heavy (non-hydrogen) atoms. The summed E-state index contributed by atoms with van der Waals surface area (Å²) in [7, 11) is 0. The number of hydrogen-bond donors (Lipinski definition) is 1. The maximum Gasteiger partial charge on any atom is 0.168 e. The summed E-state index contributed by atoms with van der Waals surface area (Å²) in [4.78, 5) is 6.24. The van der Waals surface area contributed by atoms with Gasteiger partial charge in [-0.25, -0.2) is 13.8 Å². The molecule has 0 aliphatic carbocycles. The lowest BCUT2D eigenvalue weighted by atomic mass is 10.4. The van der Waals surface area contributed by atoms with Gasteiger partial charge in [-0.1, -0.05) is 13.8 Å². The molecule has 1 aromatic rings. The number of aromatic nitrogens is 1. The van der Waals surface area contributed by atoms with Crippen molar-refractivity contribution in [3.8, 4) is 0 Å². The zero-order valence-electron chi connectivity index (χ0n) is 11.7. The minimum atomic E-state index is -0.646. The molecule has 0 bridgehead atoms. The molecule has 0 atom stereocenters. The van der Waals surface area contributed by atoms with Crippen LogP contribution < -0.4 is 5.32 Å². The molecular formula is C13H21F2N3S. The van der Waals surface area contributed by atoms with Gasteiger partial charge in [-0.3, -0.25) is 0 Å². The molecule has 0 saturated carbocycles. The van der Waals surface area contributed by atoms with Crippen LogP contribution in [0.4, 0.5) is 14.6 Å². The van der Waals surface area contributed by atoms with Crippen LogP contribution in [0.5, 0.6) is 0 Å². The highest BCUT2D eigenvalue weighted by molar-refractivity contribution is 7.99. The van der Waals surface area contributed by atoms with Crippen LogP contribution in [0.3, 0.4) is 0 Å². The molecule has 6 heteroatoms. The first-order valence-electron chi connectivity index (χ1n) is 6.57. The molecule has 1 heterocycles. The van der Waals surface area contributed by atoms with E-state index in [1.54, 1.807) is 0 Å². The van der Waals surface area contributed by atoms with Gasteiger partial charge in [0.1, 0.15) is 5.03 Å². The first kappa shape index (κ1) is 16.2. The first-order chi connectivity index (χ1) is 9.12. The molecule has 1 aromatic heterocycles. The van der Waals surface area contributed by atoms with Crippen molar-refractivity contribution in [2.75, 3.05) is 37.2 Å². The number of rotatable bonds is 8. The minimum Gasteiger partial charge on any atom is -0.368 e. The summed E-state index contributed by atoms with van der Waals surface area (Å²) in [6.07, 6.45) is 0. The Labute approximate surface area is 117 Å². The van der Waals surface area contributed by atoms with Gasteiger partial charge in [-0.05, 0) is 20.0 Å². The van der Waals surface area contributed by atoms with E-state index in [2.05, 4.69) is 29.0 Å². The minimum absolute atomic E-state index is 0.120. The highest BCUT2D eigenvalue weighted by atomic mass is 32.2. The van der Waals surface area contributed by atoms with Crippen LogP contribution in [0, 0.1) is 11.6 Å². The predicted molar refractivity (Wildman–Crippen MR) is 76.8 cm³/mol. The van der Waals surface area contributed by atoms with Crippen LogP contribution in [-0.4, -0.2) is 41.8 Å². The fourth-order valence-electron chi connectivity index (χ4n) is 1.65. The Bertz CT molecular complexity index is 398. The monoisotopic (exact) mass is 289 g/mol. The topological polar surface area (TPSA) is 28.2 Å². The Morgan fingerprint density at radius 3 is 2.47 bits per heavy atom. The molecule has 0 radical (unpaired) electrons. The third kappa shape index (κ3) is 4.95. The summed E-state index contributed by atoms with van der Waals surface area (Å²) >= 11 is 1.32. The molecule has 3 nitrogen and oxygen atoms in total. The molecule has 0 unspecified atom stereocenters. The van der Waals surface area contributed by atoms with Crippen molar-refractivity contribution in [3.05, 3.63) is 17.7 Å². The number of pyridine rings is 1. The number of nitrogens with one attached hydrogen (secondary N) is 1. The largest absolute Gasteiger partial charge is 0.368 e. The summed E-state index contributed by atoms with van der Waals surface area (Å²) < 4.78 is 27.0. The van der Waals surface area contributed by atoms with Gasteiger partial charge in [0, 0.05) is 24.9 Å². The first-order valence-corrected chi connectivity index (χ1v) is 7.55. The van der Waals surface area contributed by atoms with Crippen molar-refractivity contribution in [3.63, 3.8) is 0 Å². The quantitative estimate of drug-likeness (QED) is 0.744. The van der Waals surface area contributed by atoms with Gasteiger partial charge in [0.05, 0.1) is 0 Å². The predicted octanol–water partition coefficient (Wildman–Crippen LogP) is 3.23. The van der Waals surface area contributed by atoms with Gasteiger partial charge in [0.25, 0.3) is 0 Å². The van der Waals surface area contributed by atoms with Crippen LogP contribution in [0.15, 0.2) is 11.1 Å².